The first kappa shape index (κ1) is 12.1. The molecule has 0 saturated heterocycles. The number of aryl methyl sites for hydroxylation is 2. The molecule has 1 aromatic heterocycles. The van der Waals surface area contributed by atoms with Crippen molar-refractivity contribution in [1.29, 1.82) is 0 Å². The molecule has 0 radical (unpaired) electrons. The van der Waals surface area contributed by atoms with Crippen molar-refractivity contribution in [2.75, 3.05) is 13.6 Å². The molecule has 1 heterocycles. The van der Waals surface area contributed by atoms with Crippen molar-refractivity contribution in [2.45, 2.75) is 26.8 Å². The molecule has 0 saturated carbocycles. The number of hydrogen-bond acceptors (Lipinski definition) is 4. The van der Waals surface area contributed by atoms with Gasteiger partial charge in [-0.3, -0.25) is 9.69 Å². The molecule has 4 nitrogen and oxygen atoms in total. The van der Waals surface area contributed by atoms with Gasteiger partial charge in [0.1, 0.15) is 0 Å². The molecule has 5 heteroatoms. The predicted octanol–water partition coefficient (Wildman–Crippen LogP) is 1.84. The maximum absolute atomic E-state index is 10.6. The lowest BCUT2D eigenvalue weighted by molar-refractivity contribution is -0.138. The van der Waals surface area contributed by atoms with Gasteiger partial charge in [0.15, 0.2) is 0 Å². The van der Waals surface area contributed by atoms with E-state index in [-0.39, 0.29) is 12.6 Å². The Bertz CT molecular complexity index is 362. The number of aliphatic carboxylic acids is 1. The zero-order valence-electron chi connectivity index (χ0n) is 9.44. The van der Waals surface area contributed by atoms with E-state index in [0.717, 1.165) is 15.6 Å². The van der Waals surface area contributed by atoms with Gasteiger partial charge in [-0.05, 0) is 27.8 Å². The molecule has 0 aliphatic carbocycles. The van der Waals surface area contributed by atoms with Gasteiger partial charge in [0.25, 0.3) is 0 Å². The summed E-state index contributed by atoms with van der Waals surface area (Å²) < 4.78 is 0. The topological polar surface area (TPSA) is 53.4 Å². The fourth-order valence-corrected chi connectivity index (χ4v) is 2.40. The van der Waals surface area contributed by atoms with E-state index in [4.69, 9.17) is 5.11 Å². The Morgan fingerprint density at radius 2 is 2.20 bits per heavy atom. The lowest BCUT2D eigenvalue weighted by Gasteiger charge is -2.21. The summed E-state index contributed by atoms with van der Waals surface area (Å²) in [6.45, 7) is 6.00. The number of hydrogen-bond donors (Lipinski definition) is 1. The molecule has 1 aromatic rings. The van der Waals surface area contributed by atoms with Gasteiger partial charge >= 0.3 is 5.97 Å². The van der Waals surface area contributed by atoms with Crippen LogP contribution in [0, 0.1) is 13.8 Å². The largest absolute Gasteiger partial charge is 0.480 e. The molecular formula is C10H16N2O2S. The summed E-state index contributed by atoms with van der Waals surface area (Å²) in [5.74, 6) is -0.811. The summed E-state index contributed by atoms with van der Waals surface area (Å²) in [5, 5.41) is 9.72. The second-order valence-electron chi connectivity index (χ2n) is 3.66. The van der Waals surface area contributed by atoms with E-state index in [2.05, 4.69) is 4.98 Å². The summed E-state index contributed by atoms with van der Waals surface area (Å²) in [4.78, 5) is 17.9. The van der Waals surface area contributed by atoms with Crippen molar-refractivity contribution in [3.8, 4) is 0 Å². The Morgan fingerprint density at radius 1 is 1.60 bits per heavy atom. The van der Waals surface area contributed by atoms with Crippen LogP contribution in [0.2, 0.25) is 0 Å². The van der Waals surface area contributed by atoms with E-state index in [0.29, 0.717) is 0 Å². The van der Waals surface area contributed by atoms with Crippen LogP contribution in [-0.4, -0.2) is 34.6 Å². The van der Waals surface area contributed by atoms with E-state index < -0.39 is 5.97 Å². The van der Waals surface area contributed by atoms with Gasteiger partial charge in [0.05, 0.1) is 23.3 Å². The Kier molecular flexibility index (Phi) is 3.82. The molecule has 0 aliphatic heterocycles. The zero-order chi connectivity index (χ0) is 11.6. The summed E-state index contributed by atoms with van der Waals surface area (Å²) in [6.07, 6.45) is 0. The molecule has 0 bridgehead atoms. The molecule has 84 valence electrons. The van der Waals surface area contributed by atoms with Gasteiger partial charge in [-0.15, -0.1) is 11.3 Å². The summed E-state index contributed by atoms with van der Waals surface area (Å²) in [6, 6.07) is 0.0473. The van der Waals surface area contributed by atoms with Crippen LogP contribution >= 0.6 is 11.3 Å². The third kappa shape index (κ3) is 3.00. The minimum absolute atomic E-state index is 0.0389. The molecule has 1 unspecified atom stereocenters. The smallest absolute Gasteiger partial charge is 0.317 e. The first-order valence-corrected chi connectivity index (χ1v) is 5.59. The molecule has 1 atom stereocenters. The number of carboxylic acids is 1. The Balaban J connectivity index is 2.79. The highest BCUT2D eigenvalue weighted by Gasteiger charge is 2.18. The van der Waals surface area contributed by atoms with Crippen molar-refractivity contribution < 1.29 is 9.90 Å². The average molecular weight is 228 g/mol. The third-order valence-corrected chi connectivity index (χ3v) is 3.28. The van der Waals surface area contributed by atoms with Crippen LogP contribution in [0.15, 0.2) is 0 Å². The van der Waals surface area contributed by atoms with Crippen LogP contribution in [0.25, 0.3) is 0 Å². The molecule has 1 N–H and O–H groups in total. The second-order valence-corrected chi connectivity index (χ2v) is 5.07. The third-order valence-electron chi connectivity index (χ3n) is 2.38. The Hall–Kier alpha value is -0.940. The van der Waals surface area contributed by atoms with Gasteiger partial charge in [0, 0.05) is 4.88 Å². The molecular weight excluding hydrogens is 212 g/mol. The van der Waals surface area contributed by atoms with Crippen molar-refractivity contribution in [2.24, 2.45) is 0 Å². The minimum atomic E-state index is -0.811. The fraction of sp³-hybridized carbons (Fsp3) is 0.600. The van der Waals surface area contributed by atoms with Gasteiger partial charge < -0.3 is 5.11 Å². The quantitative estimate of drug-likeness (QED) is 0.854. The molecule has 15 heavy (non-hydrogen) atoms. The van der Waals surface area contributed by atoms with Crippen LogP contribution < -0.4 is 0 Å². The van der Waals surface area contributed by atoms with E-state index in [1.165, 1.54) is 0 Å². The van der Waals surface area contributed by atoms with Gasteiger partial charge in [-0.25, -0.2) is 4.98 Å². The lowest BCUT2D eigenvalue weighted by atomic mass is 10.2. The van der Waals surface area contributed by atoms with Crippen LogP contribution in [-0.2, 0) is 4.79 Å². The Morgan fingerprint density at radius 3 is 2.60 bits per heavy atom. The normalized spacial score (nSPS) is 13.1. The number of rotatable bonds is 4. The fourth-order valence-electron chi connectivity index (χ4n) is 1.49. The van der Waals surface area contributed by atoms with E-state index in [9.17, 15) is 4.79 Å². The number of nitrogens with zero attached hydrogens (tertiary/aromatic N) is 2. The summed E-state index contributed by atoms with van der Waals surface area (Å²) in [5.41, 5.74) is 0.987. The Labute approximate surface area is 93.6 Å². The average Bonchev–Trinajstić information content (AvgIpc) is 2.42. The maximum Gasteiger partial charge on any atom is 0.317 e. The predicted molar refractivity (Wildman–Crippen MR) is 60.3 cm³/mol. The van der Waals surface area contributed by atoms with Crippen LogP contribution in [0.3, 0.4) is 0 Å². The second kappa shape index (κ2) is 4.72. The number of carbonyl (C=O) groups is 1. The molecule has 0 fully saturated rings. The molecule has 0 aliphatic rings. The first-order valence-electron chi connectivity index (χ1n) is 4.77. The molecule has 0 amide bonds. The van der Waals surface area contributed by atoms with Crippen molar-refractivity contribution in [3.05, 3.63) is 15.6 Å². The van der Waals surface area contributed by atoms with E-state index in [1.54, 1.807) is 23.3 Å². The number of aromatic nitrogens is 1. The minimum Gasteiger partial charge on any atom is -0.480 e. The van der Waals surface area contributed by atoms with Gasteiger partial charge in [-0.1, -0.05) is 0 Å². The highest BCUT2D eigenvalue weighted by Crippen LogP contribution is 2.25. The standard InChI is InChI=1S/C10H16N2O2S/c1-6(12(4)5-9(13)14)10-7(2)15-8(3)11-10/h6H,5H2,1-4H3,(H,13,14). The maximum atomic E-state index is 10.6. The van der Waals surface area contributed by atoms with Crippen molar-refractivity contribution in [1.82, 2.24) is 9.88 Å². The first-order chi connectivity index (χ1) is 6.91. The molecule has 0 spiro atoms. The number of carboxylic acid groups (broad SMARTS) is 1. The van der Waals surface area contributed by atoms with Crippen molar-refractivity contribution >= 4 is 17.3 Å². The number of thiazole rings is 1. The van der Waals surface area contributed by atoms with Crippen LogP contribution in [0.1, 0.15) is 28.5 Å². The molecule has 1 rings (SSSR count). The van der Waals surface area contributed by atoms with Gasteiger partial charge in [-0.2, -0.15) is 0 Å². The number of likely N-dealkylation sites (N-methyl/N-ethyl adjacent to an activating group) is 1. The zero-order valence-corrected chi connectivity index (χ0v) is 10.3. The SMILES string of the molecule is Cc1nc(C(C)N(C)CC(=O)O)c(C)s1. The van der Waals surface area contributed by atoms with Crippen molar-refractivity contribution in [3.63, 3.8) is 0 Å². The summed E-state index contributed by atoms with van der Waals surface area (Å²) >= 11 is 1.65. The molecule has 0 aromatic carbocycles. The monoisotopic (exact) mass is 228 g/mol. The highest BCUT2D eigenvalue weighted by molar-refractivity contribution is 7.11. The van der Waals surface area contributed by atoms with Gasteiger partial charge in [0.2, 0.25) is 0 Å². The summed E-state index contributed by atoms with van der Waals surface area (Å²) in [7, 11) is 1.80. The van der Waals surface area contributed by atoms with Crippen LogP contribution in [0.5, 0.6) is 0 Å². The van der Waals surface area contributed by atoms with E-state index >= 15 is 0 Å². The highest BCUT2D eigenvalue weighted by atomic mass is 32.1. The van der Waals surface area contributed by atoms with E-state index in [1.807, 2.05) is 20.8 Å². The lowest BCUT2D eigenvalue weighted by Crippen LogP contribution is -2.29. The van der Waals surface area contributed by atoms with Crippen LogP contribution in [0.4, 0.5) is 0 Å².